The second-order valence-electron chi connectivity index (χ2n) is 4.96. The highest BCUT2D eigenvalue weighted by atomic mass is 32.2. The van der Waals surface area contributed by atoms with Crippen molar-refractivity contribution in [2.24, 2.45) is 0 Å². The molecule has 2 heterocycles. The number of hydrogen-bond donors (Lipinski definition) is 2. The molecule has 1 aliphatic carbocycles. The molecule has 0 amide bonds. The van der Waals surface area contributed by atoms with E-state index in [4.69, 9.17) is 0 Å². The predicted molar refractivity (Wildman–Crippen MR) is 74.9 cm³/mol. The van der Waals surface area contributed by atoms with E-state index < -0.39 is 10.0 Å². The van der Waals surface area contributed by atoms with Crippen molar-refractivity contribution in [2.75, 3.05) is 35.8 Å². The number of nitrogens with zero attached hydrogens (tertiary/aromatic N) is 2. The molecule has 0 atom stereocenters. The van der Waals surface area contributed by atoms with Gasteiger partial charge in [-0.1, -0.05) is 6.07 Å². The summed E-state index contributed by atoms with van der Waals surface area (Å²) in [6, 6.07) is 5.46. The summed E-state index contributed by atoms with van der Waals surface area (Å²) in [6.07, 6.45) is 1.51. The van der Waals surface area contributed by atoms with Crippen LogP contribution in [0.1, 0.15) is 12.8 Å². The molecule has 2 fully saturated rings. The fourth-order valence-electron chi connectivity index (χ4n) is 2.16. The number of hydrogen-bond acceptors (Lipinski definition) is 5. The molecular formula is C12H18N4O2S. The van der Waals surface area contributed by atoms with E-state index in [2.05, 4.69) is 19.9 Å². The number of rotatable bonds is 4. The van der Waals surface area contributed by atoms with E-state index in [1.54, 1.807) is 6.07 Å². The summed E-state index contributed by atoms with van der Waals surface area (Å²) in [4.78, 5) is 6.56. The zero-order valence-corrected chi connectivity index (χ0v) is 11.5. The maximum atomic E-state index is 11.9. The molecule has 0 spiro atoms. The molecule has 7 heteroatoms. The van der Waals surface area contributed by atoms with E-state index in [0.717, 1.165) is 44.8 Å². The summed E-state index contributed by atoms with van der Waals surface area (Å²) in [5.41, 5.74) is 0. The molecule has 0 aromatic carbocycles. The van der Waals surface area contributed by atoms with Crippen molar-refractivity contribution in [3.05, 3.63) is 18.2 Å². The van der Waals surface area contributed by atoms with E-state index in [1.165, 1.54) is 0 Å². The quantitative estimate of drug-likeness (QED) is 0.836. The Morgan fingerprint density at radius 2 is 2.00 bits per heavy atom. The van der Waals surface area contributed by atoms with Gasteiger partial charge in [-0.05, 0) is 25.0 Å². The van der Waals surface area contributed by atoms with Crippen LogP contribution in [-0.4, -0.2) is 44.8 Å². The molecule has 3 rings (SSSR count). The van der Waals surface area contributed by atoms with E-state index >= 15 is 0 Å². The molecule has 1 saturated heterocycles. The van der Waals surface area contributed by atoms with Gasteiger partial charge in [0.25, 0.3) is 0 Å². The number of nitrogens with one attached hydrogen (secondary N) is 2. The largest absolute Gasteiger partial charge is 0.354 e. The molecule has 104 valence electrons. The number of anilines is 2. The van der Waals surface area contributed by atoms with Crippen LogP contribution in [0.4, 0.5) is 11.6 Å². The third-order valence-electron chi connectivity index (χ3n) is 3.39. The van der Waals surface area contributed by atoms with Crippen LogP contribution in [0.15, 0.2) is 18.2 Å². The van der Waals surface area contributed by atoms with E-state index in [0.29, 0.717) is 5.82 Å². The van der Waals surface area contributed by atoms with Gasteiger partial charge in [0.15, 0.2) is 0 Å². The smallest absolute Gasteiger partial charge is 0.236 e. The first-order chi connectivity index (χ1) is 9.15. The Morgan fingerprint density at radius 1 is 1.26 bits per heavy atom. The maximum absolute atomic E-state index is 11.9. The zero-order chi connectivity index (χ0) is 13.3. The van der Waals surface area contributed by atoms with Gasteiger partial charge in [-0.15, -0.1) is 0 Å². The Bertz CT molecular complexity index is 551. The lowest BCUT2D eigenvalue weighted by atomic mass is 10.3. The minimum atomic E-state index is -3.23. The normalized spacial score (nSPS) is 20.3. The van der Waals surface area contributed by atoms with Gasteiger partial charge in [0, 0.05) is 26.2 Å². The molecule has 19 heavy (non-hydrogen) atoms. The van der Waals surface area contributed by atoms with Crippen molar-refractivity contribution < 1.29 is 8.42 Å². The van der Waals surface area contributed by atoms with Gasteiger partial charge in [-0.25, -0.2) is 13.4 Å². The zero-order valence-electron chi connectivity index (χ0n) is 10.7. The van der Waals surface area contributed by atoms with E-state index in [1.807, 2.05) is 12.1 Å². The van der Waals surface area contributed by atoms with Crippen LogP contribution in [-0.2, 0) is 10.0 Å². The second-order valence-corrected chi connectivity index (χ2v) is 6.93. The third kappa shape index (κ3) is 2.98. The minimum absolute atomic E-state index is 0.225. The van der Waals surface area contributed by atoms with Gasteiger partial charge in [0.1, 0.15) is 11.6 Å². The highest BCUT2D eigenvalue weighted by Crippen LogP contribution is 2.29. The average Bonchev–Trinajstić information content (AvgIpc) is 3.24. The lowest BCUT2D eigenvalue weighted by Gasteiger charge is -2.28. The van der Waals surface area contributed by atoms with Crippen LogP contribution in [0, 0.1) is 0 Å². The van der Waals surface area contributed by atoms with Crippen LogP contribution < -0.4 is 14.9 Å². The molecule has 1 aromatic heterocycles. The predicted octanol–water partition coefficient (Wildman–Crippen LogP) is 0.395. The monoisotopic (exact) mass is 282 g/mol. The van der Waals surface area contributed by atoms with Crippen LogP contribution in [0.2, 0.25) is 0 Å². The fraction of sp³-hybridized carbons (Fsp3) is 0.583. The molecule has 1 saturated carbocycles. The van der Waals surface area contributed by atoms with Crippen molar-refractivity contribution in [3.8, 4) is 0 Å². The summed E-state index contributed by atoms with van der Waals surface area (Å²) < 4.78 is 26.3. The van der Waals surface area contributed by atoms with E-state index in [-0.39, 0.29) is 5.25 Å². The first kappa shape index (κ1) is 12.7. The molecule has 2 N–H and O–H groups in total. The molecule has 0 unspecified atom stereocenters. The van der Waals surface area contributed by atoms with Crippen LogP contribution >= 0.6 is 0 Å². The Hall–Kier alpha value is -1.34. The van der Waals surface area contributed by atoms with Crippen molar-refractivity contribution in [2.45, 2.75) is 18.1 Å². The van der Waals surface area contributed by atoms with Crippen LogP contribution in [0.5, 0.6) is 0 Å². The van der Waals surface area contributed by atoms with Gasteiger partial charge in [0.2, 0.25) is 10.0 Å². The van der Waals surface area contributed by atoms with Gasteiger partial charge in [-0.3, -0.25) is 4.72 Å². The lowest BCUT2D eigenvalue weighted by molar-refractivity contribution is 0.585. The average molecular weight is 282 g/mol. The summed E-state index contributed by atoms with van der Waals surface area (Å²) in [7, 11) is -3.23. The first-order valence-electron chi connectivity index (χ1n) is 6.59. The molecule has 1 aromatic rings. The first-order valence-corrected chi connectivity index (χ1v) is 8.14. The highest BCUT2D eigenvalue weighted by molar-refractivity contribution is 7.93. The number of piperazine rings is 1. The summed E-state index contributed by atoms with van der Waals surface area (Å²) in [5.74, 6) is 1.25. The van der Waals surface area contributed by atoms with Crippen LogP contribution in [0.3, 0.4) is 0 Å². The topological polar surface area (TPSA) is 74.3 Å². The third-order valence-corrected chi connectivity index (χ3v) is 5.23. The fourth-order valence-corrected chi connectivity index (χ4v) is 3.49. The lowest BCUT2D eigenvalue weighted by Crippen LogP contribution is -2.43. The van der Waals surface area contributed by atoms with E-state index in [9.17, 15) is 8.42 Å². The molecule has 0 bridgehead atoms. The maximum Gasteiger partial charge on any atom is 0.236 e. The molecule has 1 aliphatic heterocycles. The van der Waals surface area contributed by atoms with Crippen molar-refractivity contribution in [3.63, 3.8) is 0 Å². The Kier molecular flexibility index (Phi) is 3.32. The van der Waals surface area contributed by atoms with Crippen molar-refractivity contribution >= 4 is 21.7 Å². The summed E-state index contributed by atoms with van der Waals surface area (Å²) in [6.45, 7) is 3.65. The Balaban J connectivity index is 1.75. The van der Waals surface area contributed by atoms with Gasteiger partial charge in [-0.2, -0.15) is 0 Å². The standard InChI is InChI=1S/C12H18N4O2S/c17-19(18,10-4-5-10)15-11-2-1-3-12(14-11)16-8-6-13-7-9-16/h1-3,10,13H,4-9H2,(H,14,15). The highest BCUT2D eigenvalue weighted by Gasteiger charge is 2.36. The molecule has 6 nitrogen and oxygen atoms in total. The molecular weight excluding hydrogens is 264 g/mol. The molecule has 2 aliphatic rings. The number of pyridine rings is 1. The van der Waals surface area contributed by atoms with Crippen LogP contribution in [0.25, 0.3) is 0 Å². The van der Waals surface area contributed by atoms with Crippen molar-refractivity contribution in [1.29, 1.82) is 0 Å². The van der Waals surface area contributed by atoms with Gasteiger partial charge < -0.3 is 10.2 Å². The molecule has 0 radical (unpaired) electrons. The number of sulfonamides is 1. The van der Waals surface area contributed by atoms with Gasteiger partial charge >= 0.3 is 0 Å². The second kappa shape index (κ2) is 4.97. The number of aromatic nitrogens is 1. The van der Waals surface area contributed by atoms with Gasteiger partial charge in [0.05, 0.1) is 5.25 Å². The minimum Gasteiger partial charge on any atom is -0.354 e. The summed E-state index contributed by atoms with van der Waals surface area (Å²) in [5, 5.41) is 3.05. The summed E-state index contributed by atoms with van der Waals surface area (Å²) >= 11 is 0. The Labute approximate surface area is 113 Å². The Morgan fingerprint density at radius 3 is 2.68 bits per heavy atom. The SMILES string of the molecule is O=S(=O)(Nc1cccc(N2CCNCC2)n1)C1CC1. The van der Waals surface area contributed by atoms with Crippen molar-refractivity contribution in [1.82, 2.24) is 10.3 Å².